The van der Waals surface area contributed by atoms with E-state index in [0.29, 0.717) is 37.1 Å². The molecular formula is C20H20N2O3. The molecular weight excluding hydrogens is 316 g/mol. The number of hydrogen-bond donors (Lipinski definition) is 1. The van der Waals surface area contributed by atoms with Crippen LogP contribution in [0.1, 0.15) is 38.3 Å². The minimum Gasteiger partial charge on any atom is -0.391 e. The van der Waals surface area contributed by atoms with Gasteiger partial charge in [0.1, 0.15) is 0 Å². The molecule has 128 valence electrons. The van der Waals surface area contributed by atoms with Gasteiger partial charge in [-0.25, -0.2) is 0 Å². The number of Topliss-reactive ketones (excluding diaryl/α,β-unsaturated/α-hetero) is 1. The molecule has 0 saturated carbocycles. The van der Waals surface area contributed by atoms with E-state index in [1.165, 1.54) is 0 Å². The van der Waals surface area contributed by atoms with Crippen LogP contribution in [0.15, 0.2) is 42.7 Å². The standard InChI is InChI=1S/C20H20N2O3/c23-18-5-4-15-16(18)2-1-3-17(15)20(25)22-11-14(19(24)12-22)10-13-6-8-21-9-7-13/h1-3,6-9,14,19,24H,4-5,10-12H2/t14-,19-/m1/s1. The molecule has 1 aliphatic carbocycles. The van der Waals surface area contributed by atoms with Gasteiger partial charge in [0.05, 0.1) is 6.10 Å². The molecule has 1 saturated heterocycles. The lowest BCUT2D eigenvalue weighted by Crippen LogP contribution is -2.30. The number of aliphatic hydroxyl groups is 1. The summed E-state index contributed by atoms with van der Waals surface area (Å²) < 4.78 is 0. The van der Waals surface area contributed by atoms with Crippen LogP contribution in [0.5, 0.6) is 0 Å². The monoisotopic (exact) mass is 336 g/mol. The van der Waals surface area contributed by atoms with E-state index in [2.05, 4.69) is 4.98 Å². The van der Waals surface area contributed by atoms with Crippen LogP contribution in [0.3, 0.4) is 0 Å². The second-order valence-electron chi connectivity index (χ2n) is 6.85. The van der Waals surface area contributed by atoms with E-state index in [-0.39, 0.29) is 17.6 Å². The van der Waals surface area contributed by atoms with Crippen LogP contribution in [0.4, 0.5) is 0 Å². The van der Waals surface area contributed by atoms with Crippen molar-refractivity contribution in [1.29, 1.82) is 0 Å². The van der Waals surface area contributed by atoms with E-state index in [1.807, 2.05) is 12.1 Å². The van der Waals surface area contributed by atoms with Crippen LogP contribution in [0.25, 0.3) is 0 Å². The summed E-state index contributed by atoms with van der Waals surface area (Å²) in [5, 5.41) is 10.4. The highest BCUT2D eigenvalue weighted by molar-refractivity contribution is 6.05. The Hall–Kier alpha value is -2.53. The summed E-state index contributed by atoms with van der Waals surface area (Å²) in [5.74, 6) is 0.0502. The number of rotatable bonds is 3. The van der Waals surface area contributed by atoms with Gasteiger partial charge in [0.25, 0.3) is 5.91 Å². The minimum atomic E-state index is -0.532. The maximum Gasteiger partial charge on any atom is 0.254 e. The summed E-state index contributed by atoms with van der Waals surface area (Å²) in [4.78, 5) is 30.6. The van der Waals surface area contributed by atoms with E-state index < -0.39 is 6.10 Å². The van der Waals surface area contributed by atoms with Crippen molar-refractivity contribution < 1.29 is 14.7 Å². The van der Waals surface area contributed by atoms with Gasteiger partial charge in [-0.1, -0.05) is 12.1 Å². The van der Waals surface area contributed by atoms with Crippen molar-refractivity contribution in [2.75, 3.05) is 13.1 Å². The summed E-state index contributed by atoms with van der Waals surface area (Å²) in [5.41, 5.74) is 3.27. The van der Waals surface area contributed by atoms with Crippen LogP contribution in [0.2, 0.25) is 0 Å². The summed E-state index contributed by atoms with van der Waals surface area (Å²) in [6.07, 6.45) is 4.78. The number of fused-ring (bicyclic) bond motifs is 1. The van der Waals surface area contributed by atoms with Crippen molar-refractivity contribution in [2.45, 2.75) is 25.4 Å². The zero-order valence-corrected chi connectivity index (χ0v) is 13.9. The first kappa shape index (κ1) is 16.0. The summed E-state index contributed by atoms with van der Waals surface area (Å²) in [6.45, 7) is 0.867. The Morgan fingerprint density at radius 1 is 1.16 bits per heavy atom. The Labute approximate surface area is 146 Å². The molecule has 0 unspecified atom stereocenters. The predicted molar refractivity (Wildman–Crippen MR) is 92.4 cm³/mol. The quantitative estimate of drug-likeness (QED) is 0.929. The average molecular weight is 336 g/mol. The van der Waals surface area contributed by atoms with Gasteiger partial charge in [-0.3, -0.25) is 14.6 Å². The van der Waals surface area contributed by atoms with E-state index >= 15 is 0 Å². The number of aliphatic hydroxyl groups excluding tert-OH is 1. The smallest absolute Gasteiger partial charge is 0.254 e. The highest BCUT2D eigenvalue weighted by atomic mass is 16.3. The Balaban J connectivity index is 1.52. The van der Waals surface area contributed by atoms with E-state index in [1.54, 1.807) is 35.5 Å². The number of β-amino-alcohol motifs (C(OH)–C–C–N with tert-alkyl or cyclic N) is 1. The lowest BCUT2D eigenvalue weighted by Gasteiger charge is -2.18. The van der Waals surface area contributed by atoms with Crippen LogP contribution in [0, 0.1) is 5.92 Å². The van der Waals surface area contributed by atoms with Crippen LogP contribution < -0.4 is 0 Å². The molecule has 25 heavy (non-hydrogen) atoms. The molecule has 2 heterocycles. The maximum absolute atomic E-state index is 13.0. The first-order valence-electron chi connectivity index (χ1n) is 8.65. The topological polar surface area (TPSA) is 70.5 Å². The van der Waals surface area contributed by atoms with Gasteiger partial charge in [0, 0.05) is 48.9 Å². The Bertz CT molecular complexity index is 819. The second-order valence-corrected chi connectivity index (χ2v) is 6.85. The van der Waals surface area contributed by atoms with Crippen LogP contribution in [-0.2, 0) is 12.8 Å². The van der Waals surface area contributed by atoms with E-state index in [4.69, 9.17) is 0 Å². The number of likely N-dealkylation sites (tertiary alicyclic amines) is 1. The Morgan fingerprint density at radius 2 is 1.96 bits per heavy atom. The van der Waals surface area contributed by atoms with Gasteiger partial charge in [-0.2, -0.15) is 0 Å². The third kappa shape index (κ3) is 2.96. The molecule has 5 heteroatoms. The van der Waals surface area contributed by atoms with Crippen molar-refractivity contribution in [1.82, 2.24) is 9.88 Å². The minimum absolute atomic E-state index is 0.0183. The number of nitrogens with zero attached hydrogens (tertiary/aromatic N) is 2. The van der Waals surface area contributed by atoms with Gasteiger partial charge in [-0.15, -0.1) is 0 Å². The highest BCUT2D eigenvalue weighted by Gasteiger charge is 2.36. The largest absolute Gasteiger partial charge is 0.391 e. The molecule has 1 amide bonds. The molecule has 1 aliphatic heterocycles. The highest BCUT2D eigenvalue weighted by Crippen LogP contribution is 2.28. The first-order chi connectivity index (χ1) is 12.1. The molecule has 5 nitrogen and oxygen atoms in total. The molecule has 1 fully saturated rings. The molecule has 1 aromatic heterocycles. The zero-order chi connectivity index (χ0) is 17.4. The Kier molecular flexibility index (Phi) is 4.09. The SMILES string of the molecule is O=C1CCc2c1cccc2C(=O)N1C[C@@H](Cc2ccncc2)[C@H](O)C1. The van der Waals surface area contributed by atoms with Crippen molar-refractivity contribution in [3.05, 3.63) is 65.0 Å². The van der Waals surface area contributed by atoms with Gasteiger partial charge >= 0.3 is 0 Å². The van der Waals surface area contributed by atoms with Gasteiger partial charge in [-0.05, 0) is 42.2 Å². The van der Waals surface area contributed by atoms with Crippen LogP contribution in [-0.4, -0.2) is 45.9 Å². The molecule has 0 spiro atoms. The van der Waals surface area contributed by atoms with Gasteiger partial charge < -0.3 is 10.0 Å². The molecule has 4 rings (SSSR count). The summed E-state index contributed by atoms with van der Waals surface area (Å²) in [6, 6.07) is 9.24. The molecule has 2 aliphatic rings. The number of pyridine rings is 1. The number of ketones is 1. The number of aromatic nitrogens is 1. The predicted octanol–water partition coefficient (Wildman–Crippen LogP) is 1.89. The third-order valence-electron chi connectivity index (χ3n) is 5.25. The van der Waals surface area contributed by atoms with E-state index in [0.717, 1.165) is 17.5 Å². The fourth-order valence-corrected chi connectivity index (χ4v) is 3.90. The molecule has 2 atom stereocenters. The number of carbonyl (C=O) groups excluding carboxylic acids is 2. The number of benzene rings is 1. The first-order valence-corrected chi connectivity index (χ1v) is 8.65. The van der Waals surface area contributed by atoms with Gasteiger partial charge in [0.15, 0.2) is 5.78 Å². The molecule has 2 aromatic rings. The second kappa shape index (κ2) is 6.41. The maximum atomic E-state index is 13.0. The Morgan fingerprint density at radius 3 is 2.76 bits per heavy atom. The third-order valence-corrected chi connectivity index (χ3v) is 5.25. The molecule has 1 aromatic carbocycles. The normalized spacial score (nSPS) is 22.3. The van der Waals surface area contributed by atoms with Crippen molar-refractivity contribution in [2.24, 2.45) is 5.92 Å². The zero-order valence-electron chi connectivity index (χ0n) is 13.9. The lowest BCUT2D eigenvalue weighted by atomic mass is 9.97. The fourth-order valence-electron chi connectivity index (χ4n) is 3.90. The number of hydrogen-bond acceptors (Lipinski definition) is 4. The number of carbonyl (C=O) groups is 2. The van der Waals surface area contributed by atoms with Crippen molar-refractivity contribution >= 4 is 11.7 Å². The fraction of sp³-hybridized carbons (Fsp3) is 0.350. The molecule has 1 N–H and O–H groups in total. The lowest BCUT2D eigenvalue weighted by molar-refractivity contribution is 0.0763. The summed E-state index contributed by atoms with van der Waals surface area (Å²) in [7, 11) is 0. The average Bonchev–Trinajstić information content (AvgIpc) is 3.19. The van der Waals surface area contributed by atoms with Crippen molar-refractivity contribution in [3.8, 4) is 0 Å². The molecule has 0 radical (unpaired) electrons. The summed E-state index contributed by atoms with van der Waals surface area (Å²) >= 11 is 0. The molecule has 0 bridgehead atoms. The van der Waals surface area contributed by atoms with E-state index in [9.17, 15) is 14.7 Å². The van der Waals surface area contributed by atoms with Gasteiger partial charge in [0.2, 0.25) is 0 Å². The van der Waals surface area contributed by atoms with Crippen LogP contribution >= 0.6 is 0 Å². The number of amides is 1. The van der Waals surface area contributed by atoms with Crippen molar-refractivity contribution in [3.63, 3.8) is 0 Å².